The zero-order valence-corrected chi connectivity index (χ0v) is 16.9. The molecule has 0 bridgehead atoms. The molecule has 1 aliphatic heterocycles. The number of hydrogen-bond donors (Lipinski definition) is 3. The maximum Gasteiger partial charge on any atom is 0.240 e. The molecule has 0 spiro atoms. The van der Waals surface area contributed by atoms with Crippen molar-refractivity contribution in [3.63, 3.8) is 0 Å². The number of rotatable bonds is 6. The molecule has 3 N–H and O–H groups in total. The Morgan fingerprint density at radius 1 is 1.21 bits per heavy atom. The van der Waals surface area contributed by atoms with Crippen molar-refractivity contribution < 1.29 is 17.5 Å². The van der Waals surface area contributed by atoms with Gasteiger partial charge in [-0.1, -0.05) is 12.1 Å². The Labute approximate surface area is 168 Å². The van der Waals surface area contributed by atoms with Crippen LogP contribution in [0.1, 0.15) is 12.8 Å². The average molecular weight is 418 g/mol. The van der Waals surface area contributed by atoms with Gasteiger partial charge in [0, 0.05) is 18.0 Å². The van der Waals surface area contributed by atoms with Crippen molar-refractivity contribution in [3.8, 4) is 16.9 Å². The van der Waals surface area contributed by atoms with E-state index in [1.165, 1.54) is 7.05 Å². The molecule has 0 aliphatic carbocycles. The number of ether oxygens (including phenoxy) is 1. The number of fused-ring (bicyclic) bond motifs is 1. The second-order valence-corrected chi connectivity index (χ2v) is 9.04. The van der Waals surface area contributed by atoms with Gasteiger partial charge in [-0.15, -0.1) is 0 Å². The number of piperidine rings is 1. The molecule has 0 saturated carbocycles. The molecule has 7 nitrogen and oxygen atoms in total. The molecule has 1 fully saturated rings. The summed E-state index contributed by atoms with van der Waals surface area (Å²) in [5.74, 6) is 0.550. The SMILES string of the molecule is CNS(=O)(=O)c1ccc(-c2c[nH]c3nccc(OCC4(F)CCNCC4)c23)cc1. The van der Waals surface area contributed by atoms with Crippen LogP contribution >= 0.6 is 0 Å². The third-order valence-electron chi connectivity index (χ3n) is 5.27. The molecule has 2 aromatic heterocycles. The molecule has 29 heavy (non-hydrogen) atoms. The lowest BCUT2D eigenvalue weighted by atomic mass is 9.95. The molecule has 4 rings (SSSR count). The first-order valence-corrected chi connectivity index (χ1v) is 10.9. The fraction of sp³-hybridized carbons (Fsp3) is 0.350. The van der Waals surface area contributed by atoms with E-state index in [1.807, 2.05) is 0 Å². The Balaban J connectivity index is 1.66. The van der Waals surface area contributed by atoms with Crippen LogP contribution in [-0.2, 0) is 10.0 Å². The van der Waals surface area contributed by atoms with Crippen LogP contribution in [0.15, 0.2) is 47.6 Å². The van der Waals surface area contributed by atoms with E-state index in [-0.39, 0.29) is 11.5 Å². The quantitative estimate of drug-likeness (QED) is 0.572. The summed E-state index contributed by atoms with van der Waals surface area (Å²) in [5.41, 5.74) is 0.902. The molecule has 0 atom stereocenters. The summed E-state index contributed by atoms with van der Waals surface area (Å²) in [6, 6.07) is 8.27. The van der Waals surface area contributed by atoms with Gasteiger partial charge >= 0.3 is 0 Å². The van der Waals surface area contributed by atoms with Crippen LogP contribution < -0.4 is 14.8 Å². The van der Waals surface area contributed by atoms with Gasteiger partial charge in [-0.2, -0.15) is 0 Å². The summed E-state index contributed by atoms with van der Waals surface area (Å²) < 4.78 is 47.0. The molecule has 0 amide bonds. The topological polar surface area (TPSA) is 96.1 Å². The first-order chi connectivity index (χ1) is 13.9. The van der Waals surface area contributed by atoms with Crippen molar-refractivity contribution >= 4 is 21.1 Å². The van der Waals surface area contributed by atoms with Gasteiger partial charge in [0.25, 0.3) is 0 Å². The number of pyridine rings is 1. The Morgan fingerprint density at radius 3 is 2.62 bits per heavy atom. The largest absolute Gasteiger partial charge is 0.489 e. The number of aromatic amines is 1. The number of benzene rings is 1. The van der Waals surface area contributed by atoms with Crippen LogP contribution in [-0.4, -0.2) is 50.8 Å². The van der Waals surface area contributed by atoms with E-state index in [2.05, 4.69) is 20.0 Å². The van der Waals surface area contributed by atoms with E-state index in [9.17, 15) is 12.8 Å². The number of nitrogens with zero attached hydrogens (tertiary/aromatic N) is 1. The maximum atomic E-state index is 14.9. The highest BCUT2D eigenvalue weighted by molar-refractivity contribution is 7.89. The van der Waals surface area contributed by atoms with Gasteiger partial charge in [0.1, 0.15) is 23.7 Å². The smallest absolute Gasteiger partial charge is 0.240 e. The number of halogens is 1. The first-order valence-electron chi connectivity index (χ1n) is 9.44. The summed E-state index contributed by atoms with van der Waals surface area (Å²) in [4.78, 5) is 7.61. The monoisotopic (exact) mass is 418 g/mol. The Hall–Kier alpha value is -2.49. The highest BCUT2D eigenvalue weighted by Crippen LogP contribution is 2.36. The van der Waals surface area contributed by atoms with Gasteiger partial charge in [0.05, 0.1) is 10.3 Å². The predicted molar refractivity (Wildman–Crippen MR) is 109 cm³/mol. The minimum absolute atomic E-state index is 0.0161. The van der Waals surface area contributed by atoms with E-state index in [0.29, 0.717) is 37.3 Å². The standard InChI is InChI=1S/C20H23FN4O3S/c1-22-29(26,27)15-4-2-14(3-5-15)16-12-25-19-18(16)17(6-9-24-19)28-13-20(21)7-10-23-11-8-20/h2-6,9,12,22-23H,7-8,10-11,13H2,1H3,(H,24,25). The molecule has 1 saturated heterocycles. The maximum absolute atomic E-state index is 14.9. The highest BCUT2D eigenvalue weighted by Gasteiger charge is 2.33. The molecule has 154 valence electrons. The number of hydrogen-bond acceptors (Lipinski definition) is 5. The molecular weight excluding hydrogens is 395 g/mol. The molecule has 3 heterocycles. The molecule has 1 aliphatic rings. The fourth-order valence-electron chi connectivity index (χ4n) is 3.53. The minimum Gasteiger partial charge on any atom is -0.489 e. The van der Waals surface area contributed by atoms with Gasteiger partial charge in [-0.25, -0.2) is 22.5 Å². The van der Waals surface area contributed by atoms with Gasteiger partial charge in [0.15, 0.2) is 0 Å². The van der Waals surface area contributed by atoms with E-state index < -0.39 is 15.7 Å². The zero-order valence-electron chi connectivity index (χ0n) is 16.0. The second kappa shape index (κ2) is 7.74. The number of alkyl halides is 1. The van der Waals surface area contributed by atoms with Crippen LogP contribution in [0.4, 0.5) is 4.39 Å². The summed E-state index contributed by atoms with van der Waals surface area (Å²) in [5, 5.41) is 3.90. The van der Waals surface area contributed by atoms with Crippen LogP contribution in [0.25, 0.3) is 22.2 Å². The second-order valence-electron chi connectivity index (χ2n) is 7.16. The lowest BCUT2D eigenvalue weighted by Crippen LogP contribution is -2.42. The third-order valence-corrected chi connectivity index (χ3v) is 6.70. The number of sulfonamides is 1. The summed E-state index contributed by atoms with van der Waals surface area (Å²) in [6.45, 7) is 1.27. The lowest BCUT2D eigenvalue weighted by molar-refractivity contribution is 0.0546. The van der Waals surface area contributed by atoms with E-state index in [4.69, 9.17) is 4.74 Å². The van der Waals surface area contributed by atoms with Crippen molar-refractivity contribution in [1.82, 2.24) is 20.0 Å². The predicted octanol–water partition coefficient (Wildman–Crippen LogP) is 2.61. The van der Waals surface area contributed by atoms with Crippen molar-refractivity contribution in [1.29, 1.82) is 0 Å². The van der Waals surface area contributed by atoms with Crippen LogP contribution in [0.2, 0.25) is 0 Å². The van der Waals surface area contributed by atoms with Crippen molar-refractivity contribution in [3.05, 3.63) is 42.7 Å². The number of aromatic nitrogens is 2. The van der Waals surface area contributed by atoms with Gasteiger partial charge < -0.3 is 15.0 Å². The summed E-state index contributed by atoms with van der Waals surface area (Å²) >= 11 is 0. The van der Waals surface area contributed by atoms with Gasteiger partial charge in [0.2, 0.25) is 10.0 Å². The number of nitrogens with one attached hydrogen (secondary N) is 3. The minimum atomic E-state index is -3.50. The van der Waals surface area contributed by atoms with Gasteiger partial charge in [-0.05, 0) is 56.7 Å². The van der Waals surface area contributed by atoms with Gasteiger partial charge in [-0.3, -0.25) is 0 Å². The van der Waals surface area contributed by atoms with Crippen molar-refractivity contribution in [2.45, 2.75) is 23.4 Å². The Kier molecular flexibility index (Phi) is 5.28. The third kappa shape index (κ3) is 3.98. The van der Waals surface area contributed by atoms with Crippen LogP contribution in [0.5, 0.6) is 5.75 Å². The average Bonchev–Trinajstić information content (AvgIpc) is 3.18. The van der Waals surface area contributed by atoms with E-state index in [1.54, 1.807) is 42.7 Å². The van der Waals surface area contributed by atoms with E-state index in [0.717, 1.165) is 16.5 Å². The lowest BCUT2D eigenvalue weighted by Gasteiger charge is -2.29. The normalized spacial score (nSPS) is 16.8. The zero-order chi connectivity index (χ0) is 20.5. The van der Waals surface area contributed by atoms with E-state index >= 15 is 0 Å². The Morgan fingerprint density at radius 2 is 1.93 bits per heavy atom. The molecule has 0 radical (unpaired) electrons. The van der Waals surface area contributed by atoms with Crippen LogP contribution in [0, 0.1) is 0 Å². The Bertz CT molecular complexity index is 1110. The summed E-state index contributed by atoms with van der Waals surface area (Å²) in [7, 11) is -2.13. The highest BCUT2D eigenvalue weighted by atomic mass is 32.2. The van der Waals surface area contributed by atoms with Crippen molar-refractivity contribution in [2.75, 3.05) is 26.7 Å². The number of H-pyrrole nitrogens is 1. The summed E-state index contributed by atoms with van der Waals surface area (Å²) in [6.07, 6.45) is 4.25. The van der Waals surface area contributed by atoms with Crippen LogP contribution in [0.3, 0.4) is 0 Å². The molecule has 9 heteroatoms. The fourth-order valence-corrected chi connectivity index (χ4v) is 4.26. The van der Waals surface area contributed by atoms with Crippen molar-refractivity contribution in [2.24, 2.45) is 0 Å². The molecule has 0 unspecified atom stereocenters. The molecular formula is C20H23FN4O3S. The molecule has 3 aromatic rings. The molecule has 1 aromatic carbocycles. The first kappa shape index (κ1) is 19.8.